The van der Waals surface area contributed by atoms with Crippen molar-refractivity contribution in [2.24, 2.45) is 0 Å². The summed E-state index contributed by atoms with van der Waals surface area (Å²) in [7, 11) is -2.09. The molecule has 0 aliphatic rings. The molecular formula is C18H15N3O4S. The summed E-state index contributed by atoms with van der Waals surface area (Å²) in [5.74, 6) is 0.931. The smallest absolute Gasteiger partial charge is 0.247 e. The minimum absolute atomic E-state index is 0.207. The lowest BCUT2D eigenvalue weighted by atomic mass is 10.0. The Bertz CT molecular complexity index is 1190. The van der Waals surface area contributed by atoms with Crippen molar-refractivity contribution in [1.82, 2.24) is 14.9 Å². The second-order valence-corrected chi connectivity index (χ2v) is 7.61. The molecule has 0 fully saturated rings. The highest BCUT2D eigenvalue weighted by atomic mass is 32.2. The van der Waals surface area contributed by atoms with Gasteiger partial charge in [-0.2, -0.15) is 0 Å². The van der Waals surface area contributed by atoms with Crippen LogP contribution in [0.3, 0.4) is 0 Å². The van der Waals surface area contributed by atoms with E-state index >= 15 is 0 Å². The summed E-state index contributed by atoms with van der Waals surface area (Å²) in [6.07, 6.45) is 1.65. The molecule has 1 N–H and O–H groups in total. The van der Waals surface area contributed by atoms with Gasteiger partial charge >= 0.3 is 0 Å². The van der Waals surface area contributed by atoms with Crippen molar-refractivity contribution in [3.05, 3.63) is 54.6 Å². The third kappa shape index (κ3) is 2.79. The summed E-state index contributed by atoms with van der Waals surface area (Å²) >= 11 is 0. The maximum atomic E-state index is 11.9. The average molecular weight is 369 g/mol. The Kier molecular flexibility index (Phi) is 3.86. The van der Waals surface area contributed by atoms with Crippen molar-refractivity contribution in [3.63, 3.8) is 0 Å². The van der Waals surface area contributed by atoms with E-state index in [2.05, 4.69) is 14.9 Å². The predicted octanol–water partition coefficient (Wildman–Crippen LogP) is 3.37. The summed E-state index contributed by atoms with van der Waals surface area (Å²) in [5, 5.41) is 8.76. The first kappa shape index (κ1) is 16.5. The number of aromatic nitrogens is 2. The molecule has 8 heteroatoms. The normalized spacial score (nSPS) is 11.9. The van der Waals surface area contributed by atoms with Crippen molar-refractivity contribution in [2.75, 3.05) is 7.05 Å². The highest BCUT2D eigenvalue weighted by molar-refractivity contribution is 7.89. The van der Waals surface area contributed by atoms with Gasteiger partial charge in [0.2, 0.25) is 21.8 Å². The van der Waals surface area contributed by atoms with Gasteiger partial charge in [0.25, 0.3) is 0 Å². The molecule has 0 bridgehead atoms. The van der Waals surface area contributed by atoms with Gasteiger partial charge in [-0.3, -0.25) is 0 Å². The molecule has 0 aliphatic heterocycles. The molecule has 0 atom stereocenters. The van der Waals surface area contributed by atoms with E-state index in [1.165, 1.54) is 7.05 Å². The van der Waals surface area contributed by atoms with Gasteiger partial charge in [0.15, 0.2) is 0 Å². The fourth-order valence-corrected chi connectivity index (χ4v) is 3.46. The Labute approximate surface area is 149 Å². The van der Waals surface area contributed by atoms with Crippen LogP contribution in [-0.4, -0.2) is 25.7 Å². The van der Waals surface area contributed by atoms with Crippen LogP contribution in [0.5, 0.6) is 0 Å². The number of hydrogen-bond acceptors (Lipinski definition) is 6. The molecule has 132 valence electrons. The van der Waals surface area contributed by atoms with Crippen LogP contribution in [0.1, 0.15) is 5.89 Å². The van der Waals surface area contributed by atoms with Gasteiger partial charge in [0.05, 0.1) is 11.2 Å². The predicted molar refractivity (Wildman–Crippen MR) is 95.9 cm³/mol. The number of hydrogen-bond donors (Lipinski definition) is 1. The summed E-state index contributed by atoms with van der Waals surface area (Å²) < 4.78 is 37.1. The van der Waals surface area contributed by atoms with Gasteiger partial charge in [0, 0.05) is 23.4 Å². The van der Waals surface area contributed by atoms with E-state index in [4.69, 9.17) is 8.83 Å². The van der Waals surface area contributed by atoms with Crippen LogP contribution in [0, 0.1) is 6.92 Å². The minimum atomic E-state index is -3.47. The largest absolute Gasteiger partial charge is 0.464 e. The SMILES string of the molecule is CNS(=O)(=O)c1ccc(-c2coc3ccc(-c4nnc(C)o4)cc23)cc1. The molecule has 4 aromatic rings. The van der Waals surface area contributed by atoms with E-state index < -0.39 is 10.0 Å². The number of nitrogens with zero attached hydrogens (tertiary/aromatic N) is 2. The van der Waals surface area contributed by atoms with Crippen molar-refractivity contribution in [1.29, 1.82) is 0 Å². The molecule has 0 unspecified atom stereocenters. The first-order chi connectivity index (χ1) is 12.5. The maximum absolute atomic E-state index is 11.9. The van der Waals surface area contributed by atoms with E-state index in [9.17, 15) is 8.42 Å². The maximum Gasteiger partial charge on any atom is 0.247 e. The Morgan fingerprint density at radius 3 is 2.38 bits per heavy atom. The fraction of sp³-hybridized carbons (Fsp3) is 0.111. The van der Waals surface area contributed by atoms with Crippen LogP contribution in [-0.2, 0) is 10.0 Å². The highest BCUT2D eigenvalue weighted by Crippen LogP contribution is 2.33. The molecule has 4 rings (SSSR count). The quantitative estimate of drug-likeness (QED) is 0.592. The fourth-order valence-electron chi connectivity index (χ4n) is 2.73. The number of rotatable bonds is 4. The molecule has 0 radical (unpaired) electrons. The van der Waals surface area contributed by atoms with Gasteiger partial charge in [-0.1, -0.05) is 12.1 Å². The zero-order chi connectivity index (χ0) is 18.3. The van der Waals surface area contributed by atoms with E-state index in [1.807, 2.05) is 18.2 Å². The van der Waals surface area contributed by atoms with Crippen LogP contribution in [0.25, 0.3) is 33.6 Å². The van der Waals surface area contributed by atoms with E-state index in [0.29, 0.717) is 17.4 Å². The third-order valence-electron chi connectivity index (χ3n) is 4.09. The Morgan fingerprint density at radius 2 is 1.73 bits per heavy atom. The minimum Gasteiger partial charge on any atom is -0.464 e. The number of benzene rings is 2. The Hall–Kier alpha value is -2.97. The summed E-state index contributed by atoms with van der Waals surface area (Å²) in [4.78, 5) is 0.207. The molecule has 26 heavy (non-hydrogen) atoms. The number of fused-ring (bicyclic) bond motifs is 1. The average Bonchev–Trinajstić information content (AvgIpc) is 3.27. The van der Waals surface area contributed by atoms with Crippen molar-refractivity contribution in [2.45, 2.75) is 11.8 Å². The van der Waals surface area contributed by atoms with E-state index in [-0.39, 0.29) is 4.90 Å². The highest BCUT2D eigenvalue weighted by Gasteiger charge is 2.14. The molecule has 2 aromatic heterocycles. The zero-order valence-corrected chi connectivity index (χ0v) is 14.9. The lowest BCUT2D eigenvalue weighted by molar-refractivity contribution is 0.533. The number of sulfonamides is 1. The van der Waals surface area contributed by atoms with Gasteiger partial charge in [-0.15, -0.1) is 10.2 Å². The van der Waals surface area contributed by atoms with Crippen molar-refractivity contribution < 1.29 is 17.3 Å². The molecule has 7 nitrogen and oxygen atoms in total. The molecule has 2 heterocycles. The van der Waals surface area contributed by atoms with Gasteiger partial charge in [-0.05, 0) is 42.9 Å². The second kappa shape index (κ2) is 6.08. The third-order valence-corrected chi connectivity index (χ3v) is 5.52. The lowest BCUT2D eigenvalue weighted by Gasteiger charge is -2.04. The van der Waals surface area contributed by atoms with E-state index in [1.54, 1.807) is 37.5 Å². The monoisotopic (exact) mass is 369 g/mol. The Balaban J connectivity index is 1.79. The van der Waals surface area contributed by atoms with Crippen molar-refractivity contribution >= 4 is 21.0 Å². The first-order valence-electron chi connectivity index (χ1n) is 7.83. The van der Waals surface area contributed by atoms with Crippen molar-refractivity contribution in [3.8, 4) is 22.6 Å². The number of furan rings is 1. The summed E-state index contributed by atoms with van der Waals surface area (Å²) in [6.45, 7) is 1.74. The lowest BCUT2D eigenvalue weighted by Crippen LogP contribution is -2.18. The molecule has 0 saturated heterocycles. The van der Waals surface area contributed by atoms with Crippen LogP contribution in [0.15, 0.2) is 62.5 Å². The van der Waals surface area contributed by atoms with Gasteiger partial charge in [-0.25, -0.2) is 13.1 Å². The van der Waals surface area contributed by atoms with Gasteiger partial charge < -0.3 is 8.83 Å². The topological polar surface area (TPSA) is 98.2 Å². The van der Waals surface area contributed by atoms with Crippen LogP contribution in [0.4, 0.5) is 0 Å². The Morgan fingerprint density at radius 1 is 1.00 bits per heavy atom. The molecule has 0 spiro atoms. The number of nitrogens with one attached hydrogen (secondary N) is 1. The zero-order valence-electron chi connectivity index (χ0n) is 14.1. The first-order valence-corrected chi connectivity index (χ1v) is 9.32. The summed E-state index contributed by atoms with van der Waals surface area (Å²) in [5.41, 5.74) is 3.20. The van der Waals surface area contributed by atoms with Crippen LogP contribution >= 0.6 is 0 Å². The van der Waals surface area contributed by atoms with Crippen LogP contribution < -0.4 is 4.72 Å². The summed E-state index contributed by atoms with van der Waals surface area (Å²) in [6, 6.07) is 12.2. The molecule has 0 amide bonds. The van der Waals surface area contributed by atoms with Gasteiger partial charge in [0.1, 0.15) is 5.58 Å². The molecular weight excluding hydrogens is 354 g/mol. The second-order valence-electron chi connectivity index (χ2n) is 5.72. The standard InChI is InChI=1S/C18H15N3O4S/c1-11-20-21-18(25-11)13-5-8-17-15(9-13)16(10-24-17)12-3-6-14(7-4-12)26(22,23)19-2/h3-10,19H,1-2H3. The van der Waals surface area contributed by atoms with Crippen LogP contribution in [0.2, 0.25) is 0 Å². The number of aryl methyl sites for hydroxylation is 1. The molecule has 0 aliphatic carbocycles. The molecule has 2 aromatic carbocycles. The van der Waals surface area contributed by atoms with E-state index in [0.717, 1.165) is 22.1 Å². The molecule has 0 saturated carbocycles.